The summed E-state index contributed by atoms with van der Waals surface area (Å²) in [5, 5.41) is 3.02. The zero-order valence-corrected chi connectivity index (χ0v) is 25.6. The van der Waals surface area contributed by atoms with Gasteiger partial charge in [0.05, 0.1) is 19.1 Å². The van der Waals surface area contributed by atoms with Crippen molar-refractivity contribution in [1.29, 1.82) is 0 Å². The number of methoxy groups -OCH3 is 1. The SMILES string of the molecule is CC[C@@H](C)NC(=O)[C@H](Cc1ccccc1)N(Cc1cccc(OC)c1)C(=O)CN(c1ccccc1Br)S(C)(=O)=O. The Bertz CT molecular complexity index is 1400. The van der Waals surface area contributed by atoms with Crippen molar-refractivity contribution in [1.82, 2.24) is 10.2 Å². The highest BCUT2D eigenvalue weighted by Crippen LogP contribution is 2.28. The summed E-state index contributed by atoms with van der Waals surface area (Å²) in [5.74, 6) is -0.204. The Kier molecular flexibility index (Phi) is 11.2. The maximum Gasteiger partial charge on any atom is 0.244 e. The number of carbonyl (C=O) groups excluding carboxylic acids is 2. The van der Waals surface area contributed by atoms with Crippen molar-refractivity contribution in [2.75, 3.05) is 24.2 Å². The van der Waals surface area contributed by atoms with Gasteiger partial charge in [0.2, 0.25) is 21.8 Å². The average molecular weight is 631 g/mol. The third-order valence-electron chi connectivity index (χ3n) is 6.56. The number of nitrogens with zero attached hydrogens (tertiary/aromatic N) is 2. The van der Waals surface area contributed by atoms with Gasteiger partial charge in [-0.05, 0) is 64.7 Å². The lowest BCUT2D eigenvalue weighted by molar-refractivity contribution is -0.140. The van der Waals surface area contributed by atoms with E-state index in [0.29, 0.717) is 15.9 Å². The van der Waals surface area contributed by atoms with Crippen molar-refractivity contribution < 1.29 is 22.7 Å². The molecule has 1 N–H and O–H groups in total. The average Bonchev–Trinajstić information content (AvgIpc) is 2.93. The second-order valence-corrected chi connectivity index (χ2v) is 12.4. The van der Waals surface area contributed by atoms with Gasteiger partial charge in [0.15, 0.2) is 0 Å². The number of amides is 2. The number of benzene rings is 3. The summed E-state index contributed by atoms with van der Waals surface area (Å²) in [4.78, 5) is 29.3. The largest absolute Gasteiger partial charge is 0.497 e. The summed E-state index contributed by atoms with van der Waals surface area (Å²) in [5.41, 5.74) is 1.96. The molecule has 0 unspecified atom stereocenters. The number of hydrogen-bond acceptors (Lipinski definition) is 5. The van der Waals surface area contributed by atoms with Crippen LogP contribution in [0.15, 0.2) is 83.3 Å². The van der Waals surface area contributed by atoms with Gasteiger partial charge in [0.25, 0.3) is 0 Å². The van der Waals surface area contributed by atoms with Crippen molar-refractivity contribution in [2.45, 2.75) is 45.3 Å². The van der Waals surface area contributed by atoms with Gasteiger partial charge in [-0.2, -0.15) is 0 Å². The molecule has 10 heteroatoms. The molecule has 0 heterocycles. The molecule has 0 radical (unpaired) electrons. The molecular weight excluding hydrogens is 594 g/mol. The molecule has 0 saturated carbocycles. The van der Waals surface area contributed by atoms with E-state index in [1.807, 2.05) is 56.3 Å². The summed E-state index contributed by atoms with van der Waals surface area (Å²) in [7, 11) is -2.29. The van der Waals surface area contributed by atoms with Crippen LogP contribution in [-0.2, 0) is 32.6 Å². The van der Waals surface area contributed by atoms with Crippen LogP contribution in [0.1, 0.15) is 31.4 Å². The zero-order valence-electron chi connectivity index (χ0n) is 23.2. The van der Waals surface area contributed by atoms with Crippen molar-refractivity contribution >= 4 is 43.5 Å². The Labute approximate surface area is 245 Å². The van der Waals surface area contributed by atoms with E-state index < -0.39 is 28.5 Å². The predicted octanol–water partition coefficient (Wildman–Crippen LogP) is 4.78. The quantitative estimate of drug-likeness (QED) is 0.294. The summed E-state index contributed by atoms with van der Waals surface area (Å²) >= 11 is 3.41. The van der Waals surface area contributed by atoms with Gasteiger partial charge in [0, 0.05) is 23.5 Å². The van der Waals surface area contributed by atoms with Gasteiger partial charge >= 0.3 is 0 Å². The molecule has 2 atom stereocenters. The number of carbonyl (C=O) groups is 2. The Morgan fingerprint density at radius 1 is 0.975 bits per heavy atom. The van der Waals surface area contributed by atoms with Gasteiger partial charge in [-0.3, -0.25) is 13.9 Å². The minimum absolute atomic E-state index is 0.0784. The first-order valence-corrected chi connectivity index (χ1v) is 15.7. The molecular formula is C30H36BrN3O5S. The number of hydrogen-bond donors (Lipinski definition) is 1. The number of ether oxygens (including phenoxy) is 1. The normalized spacial score (nSPS) is 12.7. The van der Waals surface area contributed by atoms with Crippen molar-refractivity contribution in [2.24, 2.45) is 0 Å². The number of anilines is 1. The van der Waals surface area contributed by atoms with Crippen molar-refractivity contribution in [3.8, 4) is 5.75 Å². The molecule has 214 valence electrons. The van der Waals surface area contributed by atoms with E-state index in [1.54, 1.807) is 43.5 Å². The van der Waals surface area contributed by atoms with E-state index in [9.17, 15) is 18.0 Å². The van der Waals surface area contributed by atoms with Crippen LogP contribution in [0.5, 0.6) is 5.75 Å². The monoisotopic (exact) mass is 629 g/mol. The molecule has 3 rings (SSSR count). The standard InChI is InChI=1S/C30H36BrN3O5S/c1-5-22(2)32-30(36)28(19-23-12-7-6-8-13-23)33(20-24-14-11-15-25(18-24)39-3)29(35)21-34(40(4,37)38)27-17-10-9-16-26(27)31/h6-18,22,28H,5,19-21H2,1-4H3,(H,32,36)/t22-,28+/m1/s1. The van der Waals surface area contributed by atoms with Crippen LogP contribution in [0.2, 0.25) is 0 Å². The fourth-order valence-corrected chi connectivity index (χ4v) is 5.69. The second-order valence-electron chi connectivity index (χ2n) is 9.62. The number of rotatable bonds is 13. The molecule has 8 nitrogen and oxygen atoms in total. The smallest absolute Gasteiger partial charge is 0.244 e. The first-order chi connectivity index (χ1) is 19.0. The Balaban J connectivity index is 2.08. The highest BCUT2D eigenvalue weighted by Gasteiger charge is 2.33. The van der Waals surface area contributed by atoms with Crippen LogP contribution < -0.4 is 14.4 Å². The van der Waals surface area contributed by atoms with Crippen LogP contribution in [0.4, 0.5) is 5.69 Å². The molecule has 0 spiro atoms. The fourth-order valence-electron chi connectivity index (χ4n) is 4.21. The highest BCUT2D eigenvalue weighted by molar-refractivity contribution is 9.10. The van der Waals surface area contributed by atoms with Crippen LogP contribution in [0.25, 0.3) is 0 Å². The maximum atomic E-state index is 14.1. The molecule has 3 aromatic rings. The molecule has 2 amide bonds. The van der Waals surface area contributed by atoms with E-state index in [-0.39, 0.29) is 24.9 Å². The van der Waals surface area contributed by atoms with E-state index in [4.69, 9.17) is 4.74 Å². The molecule has 0 aliphatic heterocycles. The molecule has 0 fully saturated rings. The van der Waals surface area contributed by atoms with E-state index >= 15 is 0 Å². The van der Waals surface area contributed by atoms with E-state index in [2.05, 4.69) is 21.2 Å². The zero-order chi connectivity index (χ0) is 29.3. The second kappa shape index (κ2) is 14.3. The van der Waals surface area contributed by atoms with Gasteiger partial charge in [-0.25, -0.2) is 8.42 Å². The van der Waals surface area contributed by atoms with Crippen LogP contribution in [0, 0.1) is 0 Å². The molecule has 0 aliphatic carbocycles. The number of sulfonamides is 1. The van der Waals surface area contributed by atoms with E-state index in [1.165, 1.54) is 4.90 Å². The number of halogens is 1. The van der Waals surface area contributed by atoms with Crippen LogP contribution in [0.3, 0.4) is 0 Å². The lowest BCUT2D eigenvalue weighted by Gasteiger charge is -2.34. The molecule has 0 aromatic heterocycles. The summed E-state index contributed by atoms with van der Waals surface area (Å²) in [6.45, 7) is 3.48. The minimum atomic E-state index is -3.85. The topological polar surface area (TPSA) is 96.0 Å². The summed E-state index contributed by atoms with van der Waals surface area (Å²) in [6.07, 6.45) is 2.04. The summed E-state index contributed by atoms with van der Waals surface area (Å²) < 4.78 is 32.8. The van der Waals surface area contributed by atoms with Crippen LogP contribution >= 0.6 is 15.9 Å². The molecule has 3 aromatic carbocycles. The fraction of sp³-hybridized carbons (Fsp3) is 0.333. The lowest BCUT2D eigenvalue weighted by atomic mass is 10.0. The summed E-state index contributed by atoms with van der Waals surface area (Å²) in [6, 6.07) is 22.5. The first kappa shape index (κ1) is 31.2. The van der Waals surface area contributed by atoms with E-state index in [0.717, 1.165) is 28.1 Å². The third-order valence-corrected chi connectivity index (χ3v) is 8.36. The molecule has 0 aliphatic rings. The van der Waals surface area contributed by atoms with Gasteiger partial charge in [-0.15, -0.1) is 0 Å². The van der Waals surface area contributed by atoms with Crippen LogP contribution in [-0.4, -0.2) is 57.1 Å². The van der Waals surface area contributed by atoms with Crippen molar-refractivity contribution in [3.63, 3.8) is 0 Å². The molecule has 0 saturated heterocycles. The first-order valence-electron chi connectivity index (χ1n) is 13.0. The maximum absolute atomic E-state index is 14.1. The molecule has 0 bridgehead atoms. The van der Waals surface area contributed by atoms with Crippen molar-refractivity contribution in [3.05, 3.63) is 94.5 Å². The highest BCUT2D eigenvalue weighted by atomic mass is 79.9. The lowest BCUT2D eigenvalue weighted by Crippen LogP contribution is -2.54. The van der Waals surface area contributed by atoms with Gasteiger partial charge in [0.1, 0.15) is 18.3 Å². The third kappa shape index (κ3) is 8.56. The minimum Gasteiger partial charge on any atom is -0.497 e. The Morgan fingerprint density at radius 3 is 2.25 bits per heavy atom. The predicted molar refractivity (Wildman–Crippen MR) is 162 cm³/mol. The Morgan fingerprint density at radius 2 is 1.62 bits per heavy atom. The number of para-hydroxylation sites is 1. The molecule has 40 heavy (non-hydrogen) atoms. The van der Waals surface area contributed by atoms with Gasteiger partial charge in [-0.1, -0.05) is 61.5 Å². The number of nitrogens with one attached hydrogen (secondary N) is 1. The van der Waals surface area contributed by atoms with Gasteiger partial charge < -0.3 is 15.0 Å². The Hall–Kier alpha value is -3.37.